The molecule has 0 bridgehead atoms. The van der Waals surface area contributed by atoms with Crippen molar-refractivity contribution in [1.29, 1.82) is 0 Å². The minimum atomic E-state index is -0.780. The van der Waals surface area contributed by atoms with E-state index >= 15 is 0 Å². The highest BCUT2D eigenvalue weighted by atomic mass is 35.5. The summed E-state index contributed by atoms with van der Waals surface area (Å²) in [5.41, 5.74) is 6.00. The lowest BCUT2D eigenvalue weighted by Gasteiger charge is -2.29. The lowest BCUT2D eigenvalue weighted by atomic mass is 9.83. The van der Waals surface area contributed by atoms with Crippen LogP contribution in [0.15, 0.2) is 54.6 Å². The van der Waals surface area contributed by atoms with Crippen LogP contribution in [0.3, 0.4) is 0 Å². The van der Waals surface area contributed by atoms with Gasteiger partial charge in [0.25, 0.3) is 0 Å². The van der Waals surface area contributed by atoms with E-state index in [0.29, 0.717) is 46.2 Å². The number of amides is 2. The lowest BCUT2D eigenvalue weighted by molar-refractivity contribution is 0.120. The third-order valence-corrected chi connectivity index (χ3v) is 8.86. The summed E-state index contributed by atoms with van der Waals surface area (Å²) in [6.07, 6.45) is 2.17. The largest absolute Gasteiger partial charge is 0.443 e. The first-order valence-electron chi connectivity index (χ1n) is 14.7. The average Bonchev–Trinajstić information content (AvgIpc) is 3.68. The molecule has 2 amide bonds. The fourth-order valence-electron chi connectivity index (χ4n) is 6.42. The summed E-state index contributed by atoms with van der Waals surface area (Å²) in [5.74, 6) is 1.80. The number of fused-ring (bicyclic) bond motifs is 1. The molecular weight excluding hydrogens is 570 g/mol. The van der Waals surface area contributed by atoms with Gasteiger partial charge in [-0.05, 0) is 49.3 Å². The van der Waals surface area contributed by atoms with Crippen LogP contribution in [0.4, 0.5) is 15.5 Å². The standard InChI is InChI=1S/C31H32ClN7O4/c1-17-11-13-19(14-12-17)16-38-25-23(21-9-6-10-22(32)15-21)33-27(28-36-30(40)43-37-28)34-26(25)35-29(38)39-24(18(2)42-31(39)41)20-7-4-3-5-8-20/h3-10,15,17-19,24,28,37H,11-14,16H2,1-2H3,(H,36,40)/t17?,18-,19?,24-,28?/m0/s1. The molecule has 3 fully saturated rings. The number of cyclic esters (lactones) is 1. The average molecular weight is 602 g/mol. The maximum Gasteiger partial charge on any atom is 0.427 e. The number of aromatic nitrogens is 4. The molecular formula is C31H32ClN7O4. The van der Waals surface area contributed by atoms with Crippen LogP contribution in [-0.2, 0) is 16.1 Å². The van der Waals surface area contributed by atoms with E-state index in [1.54, 1.807) is 11.0 Å². The molecule has 222 valence electrons. The molecule has 1 unspecified atom stereocenters. The molecule has 1 aliphatic carbocycles. The van der Waals surface area contributed by atoms with Crippen molar-refractivity contribution < 1.29 is 19.2 Å². The number of rotatable bonds is 6. The molecule has 12 heteroatoms. The Kier molecular flexibility index (Phi) is 7.14. The molecule has 2 aromatic heterocycles. The van der Waals surface area contributed by atoms with Gasteiger partial charge < -0.3 is 14.1 Å². The SMILES string of the molecule is CC1CCC(Cn2c(N3C(=O)O[C@@H](C)[C@H]3c3ccccc3)nc3nc(C4NOC(=O)N4)nc(-c4cccc(Cl)c4)c32)CC1. The number of nitrogens with one attached hydrogen (secondary N) is 2. The highest BCUT2D eigenvalue weighted by molar-refractivity contribution is 6.30. The molecule has 0 radical (unpaired) electrons. The number of nitrogens with zero attached hydrogens (tertiary/aromatic N) is 5. The van der Waals surface area contributed by atoms with Gasteiger partial charge in [0.1, 0.15) is 23.4 Å². The fraction of sp³-hybridized carbons (Fsp3) is 0.387. The first-order chi connectivity index (χ1) is 20.9. The van der Waals surface area contributed by atoms with E-state index in [1.807, 2.05) is 55.5 Å². The zero-order valence-electron chi connectivity index (χ0n) is 23.9. The van der Waals surface area contributed by atoms with Crippen LogP contribution in [0.2, 0.25) is 5.02 Å². The zero-order valence-corrected chi connectivity index (χ0v) is 24.6. The van der Waals surface area contributed by atoms with Gasteiger partial charge in [0.05, 0.1) is 0 Å². The first kappa shape index (κ1) is 27.6. The Balaban J connectivity index is 1.45. The molecule has 3 atom stereocenters. The molecule has 2 saturated heterocycles. The van der Waals surface area contributed by atoms with E-state index in [-0.39, 0.29) is 11.9 Å². The molecule has 43 heavy (non-hydrogen) atoms. The fourth-order valence-corrected chi connectivity index (χ4v) is 6.61. The number of hydrogen-bond acceptors (Lipinski definition) is 8. The predicted molar refractivity (Wildman–Crippen MR) is 160 cm³/mol. The molecule has 2 aliphatic heterocycles. The van der Waals surface area contributed by atoms with Crippen molar-refractivity contribution in [2.24, 2.45) is 11.8 Å². The van der Waals surface area contributed by atoms with Crippen LogP contribution in [0.25, 0.3) is 22.4 Å². The van der Waals surface area contributed by atoms with Gasteiger partial charge in [-0.25, -0.2) is 24.5 Å². The summed E-state index contributed by atoms with van der Waals surface area (Å²) in [5, 5.41) is 3.22. The maximum atomic E-state index is 13.6. The number of hydrogen-bond donors (Lipinski definition) is 2. The summed E-state index contributed by atoms with van der Waals surface area (Å²) in [7, 11) is 0. The van der Waals surface area contributed by atoms with E-state index < -0.39 is 24.5 Å². The second kappa shape index (κ2) is 11.1. The topological polar surface area (TPSA) is 124 Å². The molecule has 2 aromatic carbocycles. The molecule has 11 nitrogen and oxygen atoms in total. The number of carbonyl (C=O) groups is 2. The van der Waals surface area contributed by atoms with Crippen molar-refractivity contribution in [2.45, 2.75) is 64.4 Å². The monoisotopic (exact) mass is 601 g/mol. The summed E-state index contributed by atoms with van der Waals surface area (Å²) in [6.45, 7) is 4.83. The van der Waals surface area contributed by atoms with Gasteiger partial charge in [-0.1, -0.05) is 73.8 Å². The number of hydroxylamine groups is 1. The number of halogens is 1. The van der Waals surface area contributed by atoms with Crippen molar-refractivity contribution in [3.05, 3.63) is 71.0 Å². The number of carbonyl (C=O) groups excluding carboxylic acids is 2. The van der Waals surface area contributed by atoms with E-state index in [9.17, 15) is 9.59 Å². The Morgan fingerprint density at radius 1 is 0.977 bits per heavy atom. The Hall–Kier alpha value is -4.22. The van der Waals surface area contributed by atoms with Crippen LogP contribution < -0.4 is 15.7 Å². The number of imidazole rings is 1. The molecule has 4 aromatic rings. The second-order valence-electron chi connectivity index (χ2n) is 11.7. The Morgan fingerprint density at radius 3 is 2.49 bits per heavy atom. The van der Waals surface area contributed by atoms with Crippen LogP contribution in [0.5, 0.6) is 0 Å². The van der Waals surface area contributed by atoms with E-state index in [2.05, 4.69) is 22.3 Å². The van der Waals surface area contributed by atoms with Crippen molar-refractivity contribution in [2.75, 3.05) is 4.90 Å². The minimum Gasteiger partial charge on any atom is -0.443 e. The Labute approximate surface area is 253 Å². The Bertz CT molecular complexity index is 1690. The number of anilines is 1. The summed E-state index contributed by atoms with van der Waals surface area (Å²) in [4.78, 5) is 46.7. The normalized spacial score (nSPS) is 25.6. The van der Waals surface area contributed by atoms with Crippen LogP contribution in [0, 0.1) is 11.8 Å². The van der Waals surface area contributed by atoms with Gasteiger partial charge in [-0.2, -0.15) is 4.98 Å². The third-order valence-electron chi connectivity index (χ3n) is 8.63. The molecule has 3 aliphatic rings. The molecule has 2 N–H and O–H groups in total. The number of benzene rings is 2. The predicted octanol–water partition coefficient (Wildman–Crippen LogP) is 6.30. The van der Waals surface area contributed by atoms with Gasteiger partial charge >= 0.3 is 12.2 Å². The molecule has 4 heterocycles. The van der Waals surface area contributed by atoms with Crippen molar-refractivity contribution in [1.82, 2.24) is 30.3 Å². The summed E-state index contributed by atoms with van der Waals surface area (Å²) in [6, 6.07) is 16.9. The molecule has 0 spiro atoms. The summed E-state index contributed by atoms with van der Waals surface area (Å²) >= 11 is 6.45. The van der Waals surface area contributed by atoms with Crippen molar-refractivity contribution in [3.63, 3.8) is 0 Å². The third kappa shape index (κ3) is 5.16. The maximum absolute atomic E-state index is 13.6. The first-order valence-corrected chi connectivity index (χ1v) is 15.0. The molecule has 1 saturated carbocycles. The lowest BCUT2D eigenvalue weighted by Crippen LogP contribution is -2.32. The minimum absolute atomic E-state index is 0.271. The van der Waals surface area contributed by atoms with Gasteiger partial charge in [-0.3, -0.25) is 5.32 Å². The van der Waals surface area contributed by atoms with E-state index in [1.165, 1.54) is 0 Å². The van der Waals surface area contributed by atoms with Gasteiger partial charge in [0, 0.05) is 17.1 Å². The quantitative estimate of drug-likeness (QED) is 0.264. The smallest absolute Gasteiger partial charge is 0.427 e. The molecule has 7 rings (SSSR count). The van der Waals surface area contributed by atoms with Crippen LogP contribution >= 0.6 is 11.6 Å². The van der Waals surface area contributed by atoms with Gasteiger partial charge in [0.15, 0.2) is 17.6 Å². The van der Waals surface area contributed by atoms with Crippen molar-refractivity contribution >= 4 is 40.9 Å². The highest BCUT2D eigenvalue weighted by Gasteiger charge is 2.44. The number of ether oxygens (including phenoxy) is 1. The second-order valence-corrected chi connectivity index (χ2v) is 12.1. The van der Waals surface area contributed by atoms with E-state index in [0.717, 1.165) is 36.8 Å². The van der Waals surface area contributed by atoms with Gasteiger partial charge in [0.2, 0.25) is 5.95 Å². The Morgan fingerprint density at radius 2 is 1.77 bits per heavy atom. The van der Waals surface area contributed by atoms with Crippen molar-refractivity contribution in [3.8, 4) is 11.3 Å². The zero-order chi connectivity index (χ0) is 29.7. The highest BCUT2D eigenvalue weighted by Crippen LogP contribution is 2.41. The van der Waals surface area contributed by atoms with Crippen LogP contribution in [0.1, 0.15) is 63.1 Å². The van der Waals surface area contributed by atoms with E-state index in [4.69, 9.17) is 36.1 Å². The summed E-state index contributed by atoms with van der Waals surface area (Å²) < 4.78 is 7.89. The van der Waals surface area contributed by atoms with Crippen LogP contribution in [-0.4, -0.2) is 37.8 Å². The van der Waals surface area contributed by atoms with Gasteiger partial charge in [-0.15, -0.1) is 5.48 Å².